The Kier molecular flexibility index (Phi) is 58.1. The first-order valence-corrected chi connectivity index (χ1v) is 41.7. The summed E-state index contributed by atoms with van der Waals surface area (Å²) in [5.41, 5.74) is 0. The molecule has 17 atom stereocenters. The molecule has 0 aliphatic carbocycles. The van der Waals surface area contributed by atoms with Gasteiger partial charge in [-0.15, -0.1) is 0 Å². The van der Waals surface area contributed by atoms with E-state index >= 15 is 0 Å². The van der Waals surface area contributed by atoms with Crippen molar-refractivity contribution in [3.8, 4) is 0 Å². The predicted molar refractivity (Wildman–Crippen MR) is 402 cm³/mol. The third kappa shape index (κ3) is 43.0. The molecule has 0 bridgehead atoms. The molecule has 3 aliphatic rings. The molecule has 17 unspecified atom stereocenters. The lowest BCUT2D eigenvalue weighted by Crippen LogP contribution is -2.66. The molecule has 0 aromatic carbocycles. The Hall–Kier alpha value is -1.99. The Morgan fingerprint density at radius 2 is 0.634 bits per heavy atom. The maximum Gasteiger partial charge on any atom is 0.220 e. The van der Waals surface area contributed by atoms with E-state index in [0.29, 0.717) is 12.8 Å². The van der Waals surface area contributed by atoms with Crippen LogP contribution in [0.15, 0.2) is 36.5 Å². The summed E-state index contributed by atoms with van der Waals surface area (Å²) < 4.78 is 34.5. The van der Waals surface area contributed by atoms with Crippen molar-refractivity contribution in [3.05, 3.63) is 36.5 Å². The van der Waals surface area contributed by atoms with Gasteiger partial charge in [-0.2, -0.15) is 0 Å². The van der Waals surface area contributed by atoms with Crippen LogP contribution < -0.4 is 5.32 Å². The summed E-state index contributed by atoms with van der Waals surface area (Å²) in [6.07, 6.45) is 51.5. The van der Waals surface area contributed by atoms with Crippen molar-refractivity contribution >= 4 is 5.91 Å². The number of allylic oxidation sites excluding steroid dienone is 5. The fourth-order valence-corrected chi connectivity index (χ4v) is 14.2. The fraction of sp³-hybridized carbons (Fsp3) is 0.915. The van der Waals surface area contributed by atoms with Gasteiger partial charge in [-0.25, -0.2) is 0 Å². The van der Waals surface area contributed by atoms with Crippen LogP contribution in [0.1, 0.15) is 348 Å². The standard InChI is InChI=1S/C82H153NO18/c1-3-5-7-9-11-13-15-17-19-21-23-25-27-29-31-32-34-36-38-40-42-44-46-48-50-52-54-56-58-60-70(88)83-65(66(87)59-57-55-53-51-49-47-45-43-41-39-37-35-33-30-28-26-24-22-20-18-16-14-12-10-8-6-4-2)64-96-80-76(94)73(91)78(68(62-85)98-80)101-82-77(95)74(92)79(69(63-86)99-82)100-81-75(93)72(90)71(89)67(61-84)97-81/h41,43,49,51,57,59,65-69,71-82,84-87,89-95H,3-40,42,44-48,50,52-56,58,60-64H2,1-2H3,(H,83,88)/b43-41+,51-49+,59-57+. The smallest absolute Gasteiger partial charge is 0.220 e. The maximum absolute atomic E-state index is 13.5. The maximum atomic E-state index is 13.5. The molecule has 19 nitrogen and oxygen atoms in total. The molecule has 594 valence electrons. The molecule has 0 aromatic rings. The number of hydrogen-bond acceptors (Lipinski definition) is 18. The second-order valence-corrected chi connectivity index (χ2v) is 29.9. The Labute approximate surface area is 612 Å². The predicted octanol–water partition coefficient (Wildman–Crippen LogP) is 14.3. The first kappa shape index (κ1) is 93.2. The topological polar surface area (TPSA) is 307 Å². The van der Waals surface area contributed by atoms with Crippen molar-refractivity contribution in [3.63, 3.8) is 0 Å². The fourth-order valence-electron chi connectivity index (χ4n) is 14.2. The number of nitrogens with one attached hydrogen (secondary N) is 1. The van der Waals surface area contributed by atoms with Gasteiger partial charge >= 0.3 is 0 Å². The molecule has 3 fully saturated rings. The molecule has 0 aromatic heterocycles. The van der Waals surface area contributed by atoms with E-state index in [1.165, 1.54) is 270 Å². The van der Waals surface area contributed by atoms with E-state index in [9.17, 15) is 61.0 Å². The van der Waals surface area contributed by atoms with Gasteiger partial charge in [0.05, 0.1) is 38.6 Å². The van der Waals surface area contributed by atoms with Gasteiger partial charge in [-0.3, -0.25) is 4.79 Å². The van der Waals surface area contributed by atoms with Crippen LogP contribution in [0.25, 0.3) is 0 Å². The van der Waals surface area contributed by atoms with E-state index in [4.69, 9.17) is 28.4 Å². The first-order chi connectivity index (χ1) is 49.3. The van der Waals surface area contributed by atoms with Gasteiger partial charge in [0.15, 0.2) is 18.9 Å². The number of carbonyl (C=O) groups excluding carboxylic acids is 1. The quantitative estimate of drug-likeness (QED) is 0.0199. The van der Waals surface area contributed by atoms with Gasteiger partial charge in [0.1, 0.15) is 73.2 Å². The largest absolute Gasteiger partial charge is 0.394 e. The summed E-state index contributed by atoms with van der Waals surface area (Å²) in [7, 11) is 0. The molecule has 3 aliphatic heterocycles. The molecule has 3 saturated heterocycles. The molecule has 0 radical (unpaired) electrons. The number of aliphatic hydroxyl groups excluding tert-OH is 11. The second kappa shape index (κ2) is 63.0. The first-order valence-electron chi connectivity index (χ1n) is 41.7. The number of rotatable bonds is 67. The van der Waals surface area contributed by atoms with Gasteiger partial charge in [0, 0.05) is 6.42 Å². The van der Waals surface area contributed by atoms with Crippen molar-refractivity contribution in [1.82, 2.24) is 5.32 Å². The minimum Gasteiger partial charge on any atom is -0.394 e. The van der Waals surface area contributed by atoms with Gasteiger partial charge in [-0.05, 0) is 44.9 Å². The zero-order valence-electron chi connectivity index (χ0n) is 63.7. The summed E-state index contributed by atoms with van der Waals surface area (Å²) in [4.78, 5) is 13.5. The van der Waals surface area contributed by atoms with Gasteiger partial charge in [0.2, 0.25) is 5.91 Å². The number of aliphatic hydroxyl groups is 11. The highest BCUT2D eigenvalue weighted by atomic mass is 16.8. The molecule has 3 heterocycles. The molecular weight excluding hydrogens is 1290 g/mol. The van der Waals surface area contributed by atoms with Crippen LogP contribution >= 0.6 is 0 Å². The van der Waals surface area contributed by atoms with Crippen molar-refractivity contribution in [2.24, 2.45) is 0 Å². The van der Waals surface area contributed by atoms with Crippen molar-refractivity contribution in [2.45, 2.75) is 452 Å². The lowest BCUT2D eigenvalue weighted by atomic mass is 9.96. The minimum atomic E-state index is -1.98. The van der Waals surface area contributed by atoms with Gasteiger partial charge in [0.25, 0.3) is 0 Å². The van der Waals surface area contributed by atoms with E-state index in [2.05, 4.69) is 43.5 Å². The highest BCUT2D eigenvalue weighted by molar-refractivity contribution is 5.76. The molecule has 0 saturated carbocycles. The van der Waals surface area contributed by atoms with Crippen LogP contribution in [0.5, 0.6) is 0 Å². The average Bonchev–Trinajstić information content (AvgIpc) is 0.782. The van der Waals surface area contributed by atoms with Crippen molar-refractivity contribution in [1.29, 1.82) is 0 Å². The Morgan fingerprint density at radius 1 is 0.347 bits per heavy atom. The van der Waals surface area contributed by atoms with Crippen LogP contribution in [0.2, 0.25) is 0 Å². The third-order valence-electron chi connectivity index (χ3n) is 20.9. The van der Waals surface area contributed by atoms with E-state index < -0.39 is 124 Å². The lowest BCUT2D eigenvalue weighted by molar-refractivity contribution is -0.379. The van der Waals surface area contributed by atoms with E-state index in [0.717, 1.165) is 44.9 Å². The second-order valence-electron chi connectivity index (χ2n) is 29.9. The van der Waals surface area contributed by atoms with Crippen LogP contribution in [0.3, 0.4) is 0 Å². The Bertz CT molecular complexity index is 1960. The Morgan fingerprint density at radius 3 is 0.990 bits per heavy atom. The monoisotopic (exact) mass is 1440 g/mol. The molecule has 3 rings (SSSR count). The summed E-state index contributed by atoms with van der Waals surface area (Å²) >= 11 is 0. The van der Waals surface area contributed by atoms with E-state index in [1.807, 2.05) is 6.08 Å². The van der Waals surface area contributed by atoms with Crippen LogP contribution in [0, 0.1) is 0 Å². The molecule has 101 heavy (non-hydrogen) atoms. The summed E-state index contributed by atoms with van der Waals surface area (Å²) in [6.45, 7) is 1.77. The zero-order valence-corrected chi connectivity index (χ0v) is 63.7. The van der Waals surface area contributed by atoms with Crippen LogP contribution in [0.4, 0.5) is 0 Å². The summed E-state index contributed by atoms with van der Waals surface area (Å²) in [5.74, 6) is -0.282. The van der Waals surface area contributed by atoms with Crippen LogP contribution in [-0.2, 0) is 33.2 Å². The molecule has 19 heteroatoms. The SMILES string of the molecule is CCCCCCCCCCCCCCCCCCC/C=C/CC/C=C/CC/C=C/C(O)C(COC1OC(CO)C(OC2OC(CO)C(OC3OC(CO)C(O)C(O)C3O)C(O)C2O)C(O)C1O)NC(=O)CCCCCCCCCCCCCCCCCCCCCCCCCCCCCCC. The number of unbranched alkanes of at least 4 members (excludes halogenated alkanes) is 47. The number of ether oxygens (including phenoxy) is 6. The minimum absolute atomic E-state index is 0.236. The highest BCUT2D eigenvalue weighted by Gasteiger charge is 2.54. The molecule has 1 amide bonds. The number of hydrogen-bond donors (Lipinski definition) is 12. The average molecular weight is 1440 g/mol. The van der Waals surface area contributed by atoms with Gasteiger partial charge < -0.3 is 89.9 Å². The lowest BCUT2D eigenvalue weighted by Gasteiger charge is -2.48. The number of amides is 1. The molecule has 12 N–H and O–H groups in total. The van der Waals surface area contributed by atoms with Crippen molar-refractivity contribution < 1.29 is 89.4 Å². The molecule has 0 spiro atoms. The summed E-state index contributed by atoms with van der Waals surface area (Å²) in [6, 6.07) is -0.996. The van der Waals surface area contributed by atoms with E-state index in [-0.39, 0.29) is 18.9 Å². The number of carbonyl (C=O) groups is 1. The Balaban J connectivity index is 1.38. The zero-order chi connectivity index (χ0) is 73.2. The highest BCUT2D eigenvalue weighted by Crippen LogP contribution is 2.33. The van der Waals surface area contributed by atoms with Crippen molar-refractivity contribution in [2.75, 3.05) is 26.4 Å². The third-order valence-corrected chi connectivity index (χ3v) is 20.9. The van der Waals surface area contributed by atoms with Gasteiger partial charge in [-0.1, -0.05) is 333 Å². The normalized spacial score (nSPS) is 26.4. The summed E-state index contributed by atoms with van der Waals surface area (Å²) in [5, 5.41) is 121. The van der Waals surface area contributed by atoms with E-state index in [1.54, 1.807) is 6.08 Å². The molecular formula is C82H153NO18. The van der Waals surface area contributed by atoms with Crippen LogP contribution in [-0.4, -0.2) is 193 Å².